The zero-order valence-electron chi connectivity index (χ0n) is 9.41. The summed E-state index contributed by atoms with van der Waals surface area (Å²) in [5.74, 6) is 5.62. The molecule has 0 radical (unpaired) electrons. The van der Waals surface area contributed by atoms with E-state index < -0.39 is 0 Å². The molecule has 1 aromatic heterocycles. The van der Waals surface area contributed by atoms with Gasteiger partial charge in [-0.3, -0.25) is 11.6 Å². The van der Waals surface area contributed by atoms with Crippen molar-refractivity contribution < 1.29 is 110 Å². The second kappa shape index (κ2) is 6.99. The summed E-state index contributed by atoms with van der Waals surface area (Å²) in [4.78, 5) is 0. The minimum atomic E-state index is 0. The van der Waals surface area contributed by atoms with Gasteiger partial charge in [0, 0.05) is 6.07 Å². The molecule has 7 heteroatoms. The summed E-state index contributed by atoms with van der Waals surface area (Å²) in [6.45, 7) is 0. The molecule has 0 aromatic carbocycles. The van der Waals surface area contributed by atoms with Crippen molar-refractivity contribution in [2.24, 2.45) is 0 Å². The van der Waals surface area contributed by atoms with Crippen LogP contribution in [0.3, 0.4) is 0 Å². The SMILES string of the molecule is Nc1cc[n+](N)c(N)c1N.[H-].[H-].[K+].[K+]. The average molecular weight is 220 g/mol. The number of nitrogen functional groups attached to an aromatic ring is 4. The zero-order valence-corrected chi connectivity index (χ0v) is 13.7. The van der Waals surface area contributed by atoms with Gasteiger partial charge in [0.2, 0.25) is 0 Å². The van der Waals surface area contributed by atoms with Gasteiger partial charge in [-0.15, -0.1) is 4.68 Å². The van der Waals surface area contributed by atoms with E-state index in [1.807, 2.05) is 0 Å². The Balaban J connectivity index is -0.000000125. The molecule has 0 saturated heterocycles. The van der Waals surface area contributed by atoms with Gasteiger partial charge in [0.15, 0.2) is 0 Å². The predicted molar refractivity (Wildman–Crippen MR) is 42.2 cm³/mol. The summed E-state index contributed by atoms with van der Waals surface area (Å²) in [6.07, 6.45) is 1.54. The number of rotatable bonds is 0. The summed E-state index contributed by atoms with van der Waals surface area (Å²) in [5.41, 5.74) is 17.0. The number of nitrogens with two attached hydrogens (primary N) is 4. The molecule has 0 aliphatic rings. The van der Waals surface area contributed by atoms with Crippen molar-refractivity contribution in [3.63, 3.8) is 0 Å². The molecule has 5 nitrogen and oxygen atoms in total. The third-order valence-electron chi connectivity index (χ3n) is 1.28. The third kappa shape index (κ3) is 3.78. The Morgan fingerprint density at radius 3 is 2.08 bits per heavy atom. The fourth-order valence-electron chi connectivity index (χ4n) is 0.618. The molecule has 0 amide bonds. The van der Waals surface area contributed by atoms with Gasteiger partial charge in [-0.25, -0.2) is 0 Å². The van der Waals surface area contributed by atoms with E-state index in [0.29, 0.717) is 11.4 Å². The summed E-state index contributed by atoms with van der Waals surface area (Å²) in [7, 11) is 0. The van der Waals surface area contributed by atoms with Crippen molar-refractivity contribution in [1.82, 2.24) is 0 Å². The molecule has 0 atom stereocenters. The van der Waals surface area contributed by atoms with Crippen molar-refractivity contribution in [3.8, 4) is 0 Å². The Labute approximate surface area is 159 Å². The minimum absolute atomic E-state index is 0. The second-order valence-electron chi connectivity index (χ2n) is 1.98. The fourth-order valence-corrected chi connectivity index (χ4v) is 0.618. The molecule has 1 heterocycles. The van der Waals surface area contributed by atoms with Crippen LogP contribution in [-0.4, -0.2) is 0 Å². The minimum Gasteiger partial charge on any atom is -1.00 e. The molecule has 12 heavy (non-hydrogen) atoms. The first-order chi connectivity index (χ1) is 4.63. The van der Waals surface area contributed by atoms with Gasteiger partial charge in [-0.1, -0.05) is 0 Å². The molecule has 58 valence electrons. The zero-order chi connectivity index (χ0) is 7.72. The van der Waals surface area contributed by atoms with E-state index in [1.54, 1.807) is 12.3 Å². The van der Waals surface area contributed by atoms with Gasteiger partial charge in [-0.2, -0.15) is 0 Å². The average Bonchev–Trinajstić information content (AvgIpc) is 1.93. The number of nitrogens with zero attached hydrogens (tertiary/aromatic N) is 1. The first kappa shape index (κ1) is 16.1. The maximum Gasteiger partial charge on any atom is 1.00 e. The van der Waals surface area contributed by atoms with E-state index in [-0.39, 0.29) is 111 Å². The van der Waals surface area contributed by atoms with Gasteiger partial charge in [0.1, 0.15) is 11.9 Å². The quantitative estimate of drug-likeness (QED) is 0.198. The van der Waals surface area contributed by atoms with E-state index >= 15 is 0 Å². The predicted octanol–water partition coefficient (Wildman–Crippen LogP) is -7.33. The molecule has 1 aromatic rings. The Hall–Kier alpha value is 1.62. The number of hydrogen-bond acceptors (Lipinski definition) is 4. The first-order valence-corrected chi connectivity index (χ1v) is 2.73. The summed E-state index contributed by atoms with van der Waals surface area (Å²) < 4.78 is 1.21. The van der Waals surface area contributed by atoms with Crippen LogP contribution in [0.4, 0.5) is 17.2 Å². The van der Waals surface area contributed by atoms with Crippen molar-refractivity contribution in [3.05, 3.63) is 12.3 Å². The molecular weight excluding hydrogens is 208 g/mol. The molecule has 0 bridgehead atoms. The Morgan fingerprint density at radius 1 is 1.17 bits per heavy atom. The van der Waals surface area contributed by atoms with E-state index in [9.17, 15) is 0 Å². The Morgan fingerprint density at radius 2 is 1.67 bits per heavy atom. The van der Waals surface area contributed by atoms with Gasteiger partial charge >= 0.3 is 109 Å². The number of aromatic nitrogens is 1. The largest absolute Gasteiger partial charge is 1.00 e. The first-order valence-electron chi connectivity index (χ1n) is 2.73. The van der Waals surface area contributed by atoms with Crippen LogP contribution in [0.5, 0.6) is 0 Å². The van der Waals surface area contributed by atoms with Gasteiger partial charge in [0.25, 0.3) is 0 Å². The molecule has 0 aliphatic heterocycles. The molecule has 8 N–H and O–H groups in total. The molecule has 0 unspecified atom stereocenters. The van der Waals surface area contributed by atoms with Crippen molar-refractivity contribution in [1.29, 1.82) is 0 Å². The van der Waals surface area contributed by atoms with E-state index in [2.05, 4.69) is 0 Å². The summed E-state index contributed by atoms with van der Waals surface area (Å²) in [5, 5.41) is 0. The van der Waals surface area contributed by atoms with Crippen LogP contribution in [0, 0.1) is 0 Å². The third-order valence-corrected chi connectivity index (χ3v) is 1.28. The second-order valence-corrected chi connectivity index (χ2v) is 1.98. The van der Waals surface area contributed by atoms with Crippen LogP contribution in [0.1, 0.15) is 2.85 Å². The molecule has 0 fully saturated rings. The van der Waals surface area contributed by atoms with Crippen molar-refractivity contribution in [2.45, 2.75) is 0 Å². The number of pyridine rings is 1. The van der Waals surface area contributed by atoms with Crippen LogP contribution in [-0.2, 0) is 0 Å². The number of anilines is 3. The maximum atomic E-state index is 5.43. The van der Waals surface area contributed by atoms with Crippen LogP contribution in [0.2, 0.25) is 0 Å². The topological polar surface area (TPSA) is 108 Å². The molecule has 0 aliphatic carbocycles. The van der Waals surface area contributed by atoms with Crippen LogP contribution in [0.25, 0.3) is 0 Å². The van der Waals surface area contributed by atoms with Gasteiger partial charge in [0.05, 0.1) is 5.69 Å². The van der Waals surface area contributed by atoms with Crippen LogP contribution in [0.15, 0.2) is 12.3 Å². The standard InChI is InChI=1S/C5H9N5.2K.2H/c6-3-1-2-10(9)5(8)4(3)7;;;;/h1-2H,7,9H2,(H3,6,8);;;;/q;2*+1;2*-1/p+1. The number of hydrogen-bond donors (Lipinski definition) is 4. The molecule has 0 saturated carbocycles. The van der Waals surface area contributed by atoms with E-state index in [1.165, 1.54) is 4.68 Å². The monoisotopic (exact) mass is 220 g/mol. The maximum absolute atomic E-state index is 5.43. The van der Waals surface area contributed by atoms with Gasteiger partial charge in [-0.05, 0) is 0 Å². The summed E-state index contributed by atoms with van der Waals surface area (Å²) in [6, 6.07) is 1.59. The normalized spacial score (nSPS) is 8.00. The Kier molecular flexibility index (Phi) is 9.35. The summed E-state index contributed by atoms with van der Waals surface area (Å²) >= 11 is 0. The molecular formula is C5H12K2N5+. The smallest absolute Gasteiger partial charge is 1.00 e. The fraction of sp³-hybridized carbons (Fsp3) is 0. The molecule has 1 rings (SSSR count). The van der Waals surface area contributed by atoms with E-state index in [4.69, 9.17) is 23.0 Å². The van der Waals surface area contributed by atoms with Crippen molar-refractivity contribution in [2.75, 3.05) is 23.0 Å². The van der Waals surface area contributed by atoms with Crippen LogP contribution >= 0.6 is 0 Å². The Bertz CT molecular complexity index is 246. The van der Waals surface area contributed by atoms with E-state index in [0.717, 1.165) is 0 Å². The van der Waals surface area contributed by atoms with Crippen molar-refractivity contribution >= 4 is 17.2 Å². The van der Waals surface area contributed by atoms with Gasteiger partial charge < -0.3 is 14.3 Å². The molecule has 0 spiro atoms. The van der Waals surface area contributed by atoms with Crippen LogP contribution < -0.4 is 130 Å².